The second kappa shape index (κ2) is 4.09. The summed E-state index contributed by atoms with van der Waals surface area (Å²) in [4.78, 5) is 12.3. The Morgan fingerprint density at radius 3 is 2.65 bits per heavy atom. The van der Waals surface area contributed by atoms with E-state index in [1.54, 1.807) is 0 Å². The van der Waals surface area contributed by atoms with Crippen molar-refractivity contribution in [2.45, 2.75) is 71.3 Å². The summed E-state index contributed by atoms with van der Waals surface area (Å²) in [6.45, 7) is 4.75. The van der Waals surface area contributed by atoms with E-state index in [-0.39, 0.29) is 11.5 Å². The second-order valence-corrected chi connectivity index (χ2v) is 8.66. The van der Waals surface area contributed by atoms with Gasteiger partial charge in [-0.25, -0.2) is 0 Å². The summed E-state index contributed by atoms with van der Waals surface area (Å²) in [5.41, 5.74) is 0.459. The third kappa shape index (κ3) is 1.52. The van der Waals surface area contributed by atoms with Gasteiger partial charge in [0.2, 0.25) is 0 Å². The van der Waals surface area contributed by atoms with Crippen LogP contribution in [0.5, 0.6) is 0 Å². The van der Waals surface area contributed by atoms with Crippen LogP contribution in [0.15, 0.2) is 0 Å². The molecule has 4 aliphatic carbocycles. The van der Waals surface area contributed by atoms with Crippen molar-refractivity contribution in [1.82, 2.24) is 0 Å². The quantitative estimate of drug-likeness (QED) is 0.734. The van der Waals surface area contributed by atoms with E-state index in [9.17, 15) is 9.90 Å². The molecule has 4 fully saturated rings. The average Bonchev–Trinajstić information content (AvgIpc) is 2.86. The molecular weight excluding hydrogens is 248 g/mol. The molecule has 112 valence electrons. The van der Waals surface area contributed by atoms with Crippen LogP contribution in [-0.4, -0.2) is 17.0 Å². The summed E-state index contributed by atoms with van der Waals surface area (Å²) >= 11 is 0. The minimum absolute atomic E-state index is 0.00361. The predicted octanol–water partition coefficient (Wildman–Crippen LogP) is 3.57. The van der Waals surface area contributed by atoms with E-state index in [2.05, 4.69) is 13.8 Å². The van der Waals surface area contributed by atoms with Crippen LogP contribution in [0.25, 0.3) is 0 Å². The molecule has 4 rings (SSSR count). The molecule has 7 atom stereocenters. The SMILES string of the molecule is C[C@]12CC[C@H](O)CC1CC1C2CC[C@]2(C)C(=O)CCC12. The molecule has 0 amide bonds. The lowest BCUT2D eigenvalue weighted by atomic mass is 9.56. The van der Waals surface area contributed by atoms with Gasteiger partial charge in [-0.1, -0.05) is 13.8 Å². The molecule has 2 heteroatoms. The Morgan fingerprint density at radius 2 is 1.85 bits per heavy atom. The van der Waals surface area contributed by atoms with Gasteiger partial charge < -0.3 is 5.11 Å². The minimum atomic E-state index is -0.0650. The zero-order chi connectivity index (χ0) is 14.1. The van der Waals surface area contributed by atoms with Crippen molar-refractivity contribution in [1.29, 1.82) is 0 Å². The van der Waals surface area contributed by atoms with E-state index in [1.807, 2.05) is 0 Å². The van der Waals surface area contributed by atoms with Crippen LogP contribution < -0.4 is 0 Å². The Hall–Kier alpha value is -0.370. The Kier molecular flexibility index (Phi) is 2.72. The number of carbonyl (C=O) groups excluding carboxylic acids is 1. The molecule has 0 aromatic rings. The smallest absolute Gasteiger partial charge is 0.139 e. The molecule has 0 heterocycles. The highest BCUT2D eigenvalue weighted by atomic mass is 16.3. The van der Waals surface area contributed by atoms with E-state index < -0.39 is 0 Å². The predicted molar refractivity (Wildman–Crippen MR) is 78.1 cm³/mol. The molecule has 4 saturated carbocycles. The highest BCUT2D eigenvalue weighted by Crippen LogP contribution is 2.67. The maximum Gasteiger partial charge on any atom is 0.139 e. The molecule has 4 unspecified atom stereocenters. The topological polar surface area (TPSA) is 37.3 Å². The average molecular weight is 276 g/mol. The summed E-state index contributed by atoms with van der Waals surface area (Å²) in [6.07, 6.45) is 8.79. The molecule has 0 aliphatic heterocycles. The fraction of sp³-hybridized carbons (Fsp3) is 0.944. The second-order valence-electron chi connectivity index (χ2n) is 8.66. The van der Waals surface area contributed by atoms with Gasteiger partial charge in [0.05, 0.1) is 6.10 Å². The van der Waals surface area contributed by atoms with Crippen molar-refractivity contribution in [2.75, 3.05) is 0 Å². The summed E-state index contributed by atoms with van der Waals surface area (Å²) in [6, 6.07) is 0. The molecule has 0 spiro atoms. The maximum atomic E-state index is 12.3. The van der Waals surface area contributed by atoms with Crippen molar-refractivity contribution >= 4 is 5.78 Å². The van der Waals surface area contributed by atoms with Crippen molar-refractivity contribution in [2.24, 2.45) is 34.5 Å². The number of aliphatic hydroxyl groups excluding tert-OH is 1. The van der Waals surface area contributed by atoms with Crippen LogP contribution in [0.1, 0.15) is 65.2 Å². The van der Waals surface area contributed by atoms with Gasteiger partial charge in [0.1, 0.15) is 5.78 Å². The molecule has 0 saturated heterocycles. The molecule has 0 bridgehead atoms. The van der Waals surface area contributed by atoms with Crippen LogP contribution in [0.3, 0.4) is 0 Å². The third-order valence-electron chi connectivity index (χ3n) is 8.06. The largest absolute Gasteiger partial charge is 0.393 e. The zero-order valence-electron chi connectivity index (χ0n) is 12.9. The summed E-state index contributed by atoms with van der Waals surface area (Å²) in [7, 11) is 0. The molecule has 0 aromatic heterocycles. The van der Waals surface area contributed by atoms with Gasteiger partial charge >= 0.3 is 0 Å². The molecule has 1 N–H and O–H groups in total. The Bertz CT molecular complexity index is 445. The minimum Gasteiger partial charge on any atom is -0.393 e. The number of ketones is 1. The van der Waals surface area contributed by atoms with E-state index in [1.165, 1.54) is 19.3 Å². The van der Waals surface area contributed by atoms with Gasteiger partial charge in [-0.15, -0.1) is 0 Å². The molecule has 2 nitrogen and oxygen atoms in total. The van der Waals surface area contributed by atoms with Crippen molar-refractivity contribution in [3.05, 3.63) is 0 Å². The number of carbonyl (C=O) groups is 1. The van der Waals surface area contributed by atoms with E-state index in [0.29, 0.717) is 23.0 Å². The molecule has 20 heavy (non-hydrogen) atoms. The molecule has 0 aromatic carbocycles. The molecular formula is C18H28O2. The third-order valence-corrected chi connectivity index (χ3v) is 8.06. The summed E-state index contributed by atoms with van der Waals surface area (Å²) in [5, 5.41) is 10.0. The number of Topliss-reactive ketones (excluding diaryl/α,β-unsaturated/α-hetero) is 1. The highest BCUT2D eigenvalue weighted by Gasteiger charge is 2.62. The van der Waals surface area contributed by atoms with Crippen LogP contribution in [0, 0.1) is 34.5 Å². The highest BCUT2D eigenvalue weighted by molar-refractivity contribution is 5.87. The lowest BCUT2D eigenvalue weighted by Crippen LogP contribution is -2.44. The van der Waals surface area contributed by atoms with Gasteiger partial charge in [0.15, 0.2) is 0 Å². The maximum absolute atomic E-state index is 12.3. The number of hydrogen-bond acceptors (Lipinski definition) is 2. The lowest BCUT2D eigenvalue weighted by Gasteiger charge is -2.48. The molecule has 4 aliphatic rings. The van der Waals surface area contributed by atoms with Gasteiger partial charge in [-0.05, 0) is 74.0 Å². The summed E-state index contributed by atoms with van der Waals surface area (Å²) in [5.74, 6) is 3.48. The van der Waals surface area contributed by atoms with Crippen molar-refractivity contribution in [3.8, 4) is 0 Å². The lowest BCUT2D eigenvalue weighted by molar-refractivity contribution is -0.130. The monoisotopic (exact) mass is 276 g/mol. The number of hydrogen-bond donors (Lipinski definition) is 1. The van der Waals surface area contributed by atoms with Gasteiger partial charge in [0, 0.05) is 11.8 Å². The van der Waals surface area contributed by atoms with Crippen molar-refractivity contribution in [3.63, 3.8) is 0 Å². The summed E-state index contributed by atoms with van der Waals surface area (Å²) < 4.78 is 0. The number of fused-ring (bicyclic) bond motifs is 5. The van der Waals surface area contributed by atoms with Crippen LogP contribution in [0.2, 0.25) is 0 Å². The first kappa shape index (κ1) is 13.3. The van der Waals surface area contributed by atoms with Gasteiger partial charge in [0.25, 0.3) is 0 Å². The van der Waals surface area contributed by atoms with Gasteiger partial charge in [-0.2, -0.15) is 0 Å². The Labute approximate surface area is 122 Å². The number of rotatable bonds is 0. The first-order chi connectivity index (χ1) is 9.45. The standard InChI is InChI=1S/C18H28O2/c1-17-7-5-12(19)9-11(17)10-13-14-3-4-16(20)18(14,2)8-6-15(13)17/h11-15,19H,3-10H2,1-2H3/t11?,12-,13?,14?,15?,17-,18-/m0/s1. The van der Waals surface area contributed by atoms with E-state index in [0.717, 1.165) is 43.9 Å². The van der Waals surface area contributed by atoms with Crippen molar-refractivity contribution < 1.29 is 9.90 Å². The van der Waals surface area contributed by atoms with E-state index >= 15 is 0 Å². The Morgan fingerprint density at radius 1 is 1.05 bits per heavy atom. The fourth-order valence-electron chi connectivity index (χ4n) is 6.79. The first-order valence-corrected chi connectivity index (χ1v) is 8.66. The van der Waals surface area contributed by atoms with Crippen LogP contribution in [-0.2, 0) is 4.79 Å². The fourth-order valence-corrected chi connectivity index (χ4v) is 6.79. The van der Waals surface area contributed by atoms with Crippen LogP contribution in [0.4, 0.5) is 0 Å². The normalized spacial score (nSPS) is 58.1. The van der Waals surface area contributed by atoms with Gasteiger partial charge in [-0.3, -0.25) is 4.79 Å². The number of aliphatic hydroxyl groups is 1. The Balaban J connectivity index is 1.66. The molecule has 0 radical (unpaired) electrons. The van der Waals surface area contributed by atoms with E-state index in [4.69, 9.17) is 0 Å². The van der Waals surface area contributed by atoms with Crippen LogP contribution >= 0.6 is 0 Å². The zero-order valence-corrected chi connectivity index (χ0v) is 12.9. The first-order valence-electron chi connectivity index (χ1n) is 8.66.